The Labute approximate surface area is 112 Å². The second kappa shape index (κ2) is 5.95. The molecule has 19 heavy (non-hydrogen) atoms. The second-order valence-electron chi connectivity index (χ2n) is 4.88. The van der Waals surface area contributed by atoms with Crippen molar-refractivity contribution >= 4 is 11.7 Å². The van der Waals surface area contributed by atoms with Gasteiger partial charge in [0.15, 0.2) is 5.78 Å². The minimum atomic E-state index is -0.333. The van der Waals surface area contributed by atoms with Gasteiger partial charge in [0.2, 0.25) is 5.91 Å². The lowest BCUT2D eigenvalue weighted by molar-refractivity contribution is -0.132. The Morgan fingerprint density at radius 1 is 1.21 bits per heavy atom. The molecule has 1 aliphatic heterocycles. The first-order chi connectivity index (χ1) is 9.11. The van der Waals surface area contributed by atoms with E-state index in [9.17, 15) is 14.0 Å². The maximum absolute atomic E-state index is 12.8. The first-order valence-electron chi connectivity index (χ1n) is 6.69. The van der Waals surface area contributed by atoms with Crippen LogP contribution in [0.25, 0.3) is 0 Å². The fourth-order valence-corrected chi connectivity index (χ4v) is 2.46. The van der Waals surface area contributed by atoms with Crippen LogP contribution in [0.4, 0.5) is 4.39 Å². The molecule has 0 radical (unpaired) electrons. The highest BCUT2D eigenvalue weighted by Gasteiger charge is 2.27. The Morgan fingerprint density at radius 3 is 2.32 bits per heavy atom. The van der Waals surface area contributed by atoms with Crippen LogP contribution in [0.1, 0.15) is 36.5 Å². The van der Waals surface area contributed by atoms with Crippen LogP contribution in [0, 0.1) is 11.7 Å². The fourth-order valence-electron chi connectivity index (χ4n) is 2.46. The summed E-state index contributed by atoms with van der Waals surface area (Å²) >= 11 is 0. The third kappa shape index (κ3) is 3.19. The number of ketones is 1. The van der Waals surface area contributed by atoms with Crippen LogP contribution in [-0.4, -0.2) is 29.7 Å². The van der Waals surface area contributed by atoms with Gasteiger partial charge in [0.25, 0.3) is 0 Å². The zero-order valence-corrected chi connectivity index (χ0v) is 11.1. The number of benzene rings is 1. The van der Waals surface area contributed by atoms with Gasteiger partial charge in [-0.3, -0.25) is 9.59 Å². The summed E-state index contributed by atoms with van der Waals surface area (Å²) in [4.78, 5) is 25.6. The van der Waals surface area contributed by atoms with Crippen LogP contribution in [-0.2, 0) is 4.79 Å². The summed E-state index contributed by atoms with van der Waals surface area (Å²) in [6.07, 6.45) is 1.90. The third-order valence-corrected chi connectivity index (χ3v) is 3.65. The van der Waals surface area contributed by atoms with Gasteiger partial charge < -0.3 is 4.90 Å². The number of nitrogens with zero attached hydrogens (tertiary/aromatic N) is 1. The summed E-state index contributed by atoms with van der Waals surface area (Å²) in [6.45, 7) is 3.13. The highest BCUT2D eigenvalue weighted by Crippen LogP contribution is 2.22. The highest BCUT2D eigenvalue weighted by molar-refractivity contribution is 5.98. The summed E-state index contributed by atoms with van der Waals surface area (Å²) in [5, 5.41) is 0. The van der Waals surface area contributed by atoms with Crippen LogP contribution >= 0.6 is 0 Å². The van der Waals surface area contributed by atoms with Crippen LogP contribution in [0.5, 0.6) is 0 Å². The smallest absolute Gasteiger partial charge is 0.222 e. The second-order valence-corrected chi connectivity index (χ2v) is 4.88. The van der Waals surface area contributed by atoms with Crippen LogP contribution < -0.4 is 0 Å². The van der Waals surface area contributed by atoms with E-state index in [0.29, 0.717) is 37.9 Å². The predicted octanol–water partition coefficient (Wildman–Crippen LogP) is 2.66. The Bertz CT molecular complexity index is 462. The molecule has 1 amide bonds. The molecule has 0 bridgehead atoms. The normalized spacial score (nSPS) is 16.4. The third-order valence-electron chi connectivity index (χ3n) is 3.65. The monoisotopic (exact) mass is 263 g/mol. The number of hydrogen-bond acceptors (Lipinski definition) is 2. The largest absolute Gasteiger partial charge is 0.343 e. The summed E-state index contributed by atoms with van der Waals surface area (Å²) in [7, 11) is 0. The number of carbonyl (C=O) groups is 2. The number of carbonyl (C=O) groups excluding carboxylic acids is 2. The van der Waals surface area contributed by atoms with Gasteiger partial charge in [0, 0.05) is 31.0 Å². The molecule has 0 aromatic heterocycles. The molecule has 102 valence electrons. The number of amides is 1. The lowest BCUT2D eigenvalue weighted by atomic mass is 9.89. The van der Waals surface area contributed by atoms with Gasteiger partial charge in [-0.15, -0.1) is 0 Å². The summed E-state index contributed by atoms with van der Waals surface area (Å²) in [5.74, 6) is -0.178. The summed E-state index contributed by atoms with van der Waals surface area (Å²) in [5.41, 5.74) is 0.557. The summed E-state index contributed by atoms with van der Waals surface area (Å²) < 4.78 is 12.8. The first-order valence-corrected chi connectivity index (χ1v) is 6.69. The van der Waals surface area contributed by atoms with Crippen molar-refractivity contribution in [3.05, 3.63) is 35.6 Å². The van der Waals surface area contributed by atoms with E-state index in [1.807, 2.05) is 11.8 Å². The SMILES string of the molecule is CCC(=O)N1CCC(C(=O)c2ccc(F)cc2)CC1. The number of likely N-dealkylation sites (tertiary alicyclic amines) is 1. The molecule has 1 saturated heterocycles. The number of rotatable bonds is 3. The zero-order chi connectivity index (χ0) is 13.8. The Kier molecular flexibility index (Phi) is 4.30. The molecule has 0 spiro atoms. The molecule has 0 unspecified atom stereocenters. The molecule has 1 heterocycles. The number of halogens is 1. The highest BCUT2D eigenvalue weighted by atomic mass is 19.1. The molecule has 0 N–H and O–H groups in total. The lowest BCUT2D eigenvalue weighted by Gasteiger charge is -2.31. The van der Waals surface area contributed by atoms with Gasteiger partial charge in [-0.2, -0.15) is 0 Å². The minimum Gasteiger partial charge on any atom is -0.343 e. The number of hydrogen-bond donors (Lipinski definition) is 0. The molecule has 1 fully saturated rings. The van der Waals surface area contributed by atoms with Gasteiger partial charge >= 0.3 is 0 Å². The van der Waals surface area contributed by atoms with Crippen molar-refractivity contribution in [1.82, 2.24) is 4.90 Å². The molecule has 0 saturated carbocycles. The van der Waals surface area contributed by atoms with Crippen molar-refractivity contribution in [3.8, 4) is 0 Å². The van der Waals surface area contributed by atoms with Gasteiger partial charge in [-0.05, 0) is 37.1 Å². The predicted molar refractivity (Wildman–Crippen MR) is 70.3 cm³/mol. The fraction of sp³-hybridized carbons (Fsp3) is 0.467. The van der Waals surface area contributed by atoms with Crippen molar-refractivity contribution < 1.29 is 14.0 Å². The number of Topliss-reactive ketones (excluding diaryl/α,β-unsaturated/α-hetero) is 1. The van der Waals surface area contributed by atoms with Gasteiger partial charge in [-0.1, -0.05) is 6.92 Å². The lowest BCUT2D eigenvalue weighted by Crippen LogP contribution is -2.39. The van der Waals surface area contributed by atoms with E-state index in [1.54, 1.807) is 0 Å². The van der Waals surface area contributed by atoms with E-state index in [-0.39, 0.29) is 23.4 Å². The van der Waals surface area contributed by atoms with Gasteiger partial charge in [-0.25, -0.2) is 4.39 Å². The Balaban J connectivity index is 1.96. The van der Waals surface area contributed by atoms with Crippen molar-refractivity contribution in [2.75, 3.05) is 13.1 Å². The molecule has 0 aliphatic carbocycles. The standard InChI is InChI=1S/C15H18FNO2/c1-2-14(18)17-9-7-12(8-10-17)15(19)11-3-5-13(16)6-4-11/h3-6,12H,2,7-10H2,1H3. The minimum absolute atomic E-state index is 0.0497. The van der Waals surface area contributed by atoms with Gasteiger partial charge in [0.1, 0.15) is 5.82 Å². The van der Waals surface area contributed by atoms with E-state index >= 15 is 0 Å². The number of piperidine rings is 1. The molecule has 1 aromatic carbocycles. The molecule has 1 aromatic rings. The average Bonchev–Trinajstić information content (AvgIpc) is 2.46. The molecule has 2 rings (SSSR count). The van der Waals surface area contributed by atoms with Crippen molar-refractivity contribution in [3.63, 3.8) is 0 Å². The Morgan fingerprint density at radius 2 is 1.79 bits per heavy atom. The van der Waals surface area contributed by atoms with E-state index in [0.717, 1.165) is 0 Å². The van der Waals surface area contributed by atoms with Crippen LogP contribution in [0.15, 0.2) is 24.3 Å². The van der Waals surface area contributed by atoms with Crippen molar-refractivity contribution in [2.24, 2.45) is 5.92 Å². The van der Waals surface area contributed by atoms with Crippen LogP contribution in [0.2, 0.25) is 0 Å². The first kappa shape index (κ1) is 13.7. The van der Waals surface area contributed by atoms with E-state index in [2.05, 4.69) is 0 Å². The van der Waals surface area contributed by atoms with E-state index in [1.165, 1.54) is 24.3 Å². The van der Waals surface area contributed by atoms with Gasteiger partial charge in [0.05, 0.1) is 0 Å². The molecular weight excluding hydrogens is 245 g/mol. The topological polar surface area (TPSA) is 37.4 Å². The van der Waals surface area contributed by atoms with E-state index < -0.39 is 0 Å². The maximum atomic E-state index is 12.8. The molecule has 1 aliphatic rings. The molecule has 0 atom stereocenters. The zero-order valence-electron chi connectivity index (χ0n) is 11.1. The van der Waals surface area contributed by atoms with Crippen LogP contribution in [0.3, 0.4) is 0 Å². The van der Waals surface area contributed by atoms with E-state index in [4.69, 9.17) is 0 Å². The summed E-state index contributed by atoms with van der Waals surface area (Å²) in [6, 6.07) is 5.68. The van der Waals surface area contributed by atoms with Crippen molar-refractivity contribution in [1.29, 1.82) is 0 Å². The molecule has 3 nitrogen and oxygen atoms in total. The average molecular weight is 263 g/mol. The maximum Gasteiger partial charge on any atom is 0.222 e. The molecule has 4 heteroatoms. The Hall–Kier alpha value is -1.71. The molecular formula is C15H18FNO2. The van der Waals surface area contributed by atoms with Crippen molar-refractivity contribution in [2.45, 2.75) is 26.2 Å². The quantitative estimate of drug-likeness (QED) is 0.786.